The van der Waals surface area contributed by atoms with Gasteiger partial charge >= 0.3 is 0 Å². The maximum absolute atomic E-state index is 12.1. The summed E-state index contributed by atoms with van der Waals surface area (Å²) >= 11 is 0. The van der Waals surface area contributed by atoms with Crippen molar-refractivity contribution in [2.75, 3.05) is 24.5 Å². The quantitative estimate of drug-likeness (QED) is 0.846. The number of aryl methyl sites for hydroxylation is 1. The van der Waals surface area contributed by atoms with Crippen molar-refractivity contribution in [2.24, 2.45) is 0 Å². The Hall–Kier alpha value is -1.88. The fraction of sp³-hybridized carbons (Fsp3) is 0.429. The van der Waals surface area contributed by atoms with Crippen molar-refractivity contribution in [3.63, 3.8) is 0 Å². The second-order valence-electron chi connectivity index (χ2n) is 4.82. The van der Waals surface area contributed by atoms with Crippen molar-refractivity contribution < 1.29 is 14.7 Å². The smallest absolute Gasteiger partial charge is 0.251 e. The van der Waals surface area contributed by atoms with Crippen molar-refractivity contribution in [2.45, 2.75) is 20.0 Å². The largest absolute Gasteiger partial charge is 0.384 e. The maximum Gasteiger partial charge on any atom is 0.251 e. The Morgan fingerprint density at radius 3 is 2.42 bits per heavy atom. The van der Waals surface area contributed by atoms with E-state index in [4.69, 9.17) is 0 Å². The van der Waals surface area contributed by atoms with E-state index in [9.17, 15) is 14.7 Å². The number of piperazine rings is 1. The average molecular weight is 262 g/mol. The van der Waals surface area contributed by atoms with E-state index in [1.54, 1.807) is 4.90 Å². The van der Waals surface area contributed by atoms with Crippen molar-refractivity contribution in [3.8, 4) is 0 Å². The monoisotopic (exact) mass is 262 g/mol. The number of amides is 2. The molecule has 1 saturated heterocycles. The molecule has 19 heavy (non-hydrogen) atoms. The second kappa shape index (κ2) is 5.40. The Morgan fingerprint density at radius 2 is 1.89 bits per heavy atom. The average Bonchev–Trinajstić information content (AvgIpc) is 2.39. The topological polar surface area (TPSA) is 60.9 Å². The van der Waals surface area contributed by atoms with Gasteiger partial charge in [0.05, 0.1) is 0 Å². The molecule has 1 aliphatic heterocycles. The molecular formula is C14H18N2O3. The zero-order valence-corrected chi connectivity index (χ0v) is 11.2. The number of hydrogen-bond acceptors (Lipinski definition) is 3. The number of nitrogens with zero attached hydrogens (tertiary/aromatic N) is 2. The van der Waals surface area contributed by atoms with Crippen LogP contribution < -0.4 is 4.90 Å². The van der Waals surface area contributed by atoms with Gasteiger partial charge in [-0.1, -0.05) is 17.7 Å². The molecule has 5 nitrogen and oxygen atoms in total. The van der Waals surface area contributed by atoms with Gasteiger partial charge in [-0.05, 0) is 26.0 Å². The van der Waals surface area contributed by atoms with E-state index in [1.165, 1.54) is 11.8 Å². The first kappa shape index (κ1) is 13.5. The number of anilines is 1. The molecule has 0 aromatic heterocycles. The summed E-state index contributed by atoms with van der Waals surface area (Å²) in [5.41, 5.74) is 1.99. The lowest BCUT2D eigenvalue weighted by Crippen LogP contribution is -2.54. The third kappa shape index (κ3) is 2.93. The van der Waals surface area contributed by atoms with Gasteiger partial charge in [-0.15, -0.1) is 0 Å². The summed E-state index contributed by atoms with van der Waals surface area (Å²) in [5.74, 6) is -0.513. The molecule has 0 aliphatic carbocycles. The number of hydrogen-bond donors (Lipinski definition) is 1. The van der Waals surface area contributed by atoms with Crippen molar-refractivity contribution in [3.05, 3.63) is 29.8 Å². The van der Waals surface area contributed by atoms with Crippen LogP contribution in [0, 0.1) is 6.92 Å². The lowest BCUT2D eigenvalue weighted by atomic mass is 10.2. The fourth-order valence-electron chi connectivity index (χ4n) is 2.12. The van der Waals surface area contributed by atoms with Gasteiger partial charge in [-0.25, -0.2) is 0 Å². The first-order valence-electron chi connectivity index (χ1n) is 6.33. The molecule has 1 aromatic rings. The SMILES string of the molecule is Cc1ccc(N2CCN(C(=O)[C@@H](C)O)CC2=O)cc1. The summed E-state index contributed by atoms with van der Waals surface area (Å²) < 4.78 is 0. The van der Waals surface area contributed by atoms with E-state index >= 15 is 0 Å². The highest BCUT2D eigenvalue weighted by Crippen LogP contribution is 2.18. The lowest BCUT2D eigenvalue weighted by Gasteiger charge is -2.34. The number of aliphatic hydroxyl groups is 1. The summed E-state index contributed by atoms with van der Waals surface area (Å²) in [6.45, 7) is 4.34. The molecule has 1 aromatic carbocycles. The van der Waals surface area contributed by atoms with Gasteiger partial charge in [0.15, 0.2) is 0 Å². The van der Waals surface area contributed by atoms with Crippen LogP contribution in [0.5, 0.6) is 0 Å². The highest BCUT2D eigenvalue weighted by atomic mass is 16.3. The van der Waals surface area contributed by atoms with Crippen molar-refractivity contribution in [1.82, 2.24) is 4.90 Å². The lowest BCUT2D eigenvalue weighted by molar-refractivity contribution is -0.143. The number of carbonyl (C=O) groups is 2. The van der Waals surface area contributed by atoms with E-state index in [1.807, 2.05) is 31.2 Å². The highest BCUT2D eigenvalue weighted by Gasteiger charge is 2.29. The minimum Gasteiger partial charge on any atom is -0.384 e. The molecule has 1 aliphatic rings. The Labute approximate surface area is 112 Å². The van der Waals surface area contributed by atoms with Crippen molar-refractivity contribution >= 4 is 17.5 Å². The van der Waals surface area contributed by atoms with E-state index in [-0.39, 0.29) is 12.5 Å². The predicted molar refractivity (Wildman–Crippen MR) is 71.8 cm³/mol. The molecule has 1 fully saturated rings. The van der Waals surface area contributed by atoms with Crippen LogP contribution in [0.2, 0.25) is 0 Å². The van der Waals surface area contributed by atoms with Crippen LogP contribution in [0.4, 0.5) is 5.69 Å². The van der Waals surface area contributed by atoms with Gasteiger partial charge in [0.2, 0.25) is 5.91 Å². The summed E-state index contributed by atoms with van der Waals surface area (Å²) in [7, 11) is 0. The summed E-state index contributed by atoms with van der Waals surface area (Å²) in [5, 5.41) is 9.26. The minimum absolute atomic E-state index is 0.0254. The van der Waals surface area contributed by atoms with Crippen LogP contribution in [0.15, 0.2) is 24.3 Å². The standard InChI is InChI=1S/C14H18N2O3/c1-10-3-5-12(6-4-10)16-8-7-15(9-13(16)18)14(19)11(2)17/h3-6,11,17H,7-9H2,1-2H3/t11-/m1/s1. The van der Waals surface area contributed by atoms with Crippen LogP contribution in [0.3, 0.4) is 0 Å². The number of benzene rings is 1. The molecule has 0 unspecified atom stereocenters. The number of carbonyl (C=O) groups excluding carboxylic acids is 2. The molecule has 102 valence electrons. The number of rotatable bonds is 2. The summed E-state index contributed by atoms with van der Waals surface area (Å²) in [6.07, 6.45) is -1.06. The van der Waals surface area contributed by atoms with Crippen molar-refractivity contribution in [1.29, 1.82) is 0 Å². The fourth-order valence-corrected chi connectivity index (χ4v) is 2.12. The second-order valence-corrected chi connectivity index (χ2v) is 4.82. The molecule has 0 radical (unpaired) electrons. The first-order valence-corrected chi connectivity index (χ1v) is 6.33. The van der Waals surface area contributed by atoms with Gasteiger partial charge in [0, 0.05) is 18.8 Å². The van der Waals surface area contributed by atoms with Crippen LogP contribution in [-0.4, -0.2) is 47.6 Å². The summed E-state index contributed by atoms with van der Waals surface area (Å²) in [4.78, 5) is 26.8. The normalized spacial score (nSPS) is 17.5. The van der Waals surface area contributed by atoms with E-state index in [2.05, 4.69) is 0 Å². The van der Waals surface area contributed by atoms with E-state index in [0.29, 0.717) is 13.1 Å². The molecular weight excluding hydrogens is 244 g/mol. The molecule has 2 amide bonds. The van der Waals surface area contributed by atoms with Gasteiger partial charge in [0.25, 0.3) is 5.91 Å². The first-order chi connectivity index (χ1) is 8.99. The van der Waals surface area contributed by atoms with E-state index in [0.717, 1.165) is 11.3 Å². The van der Waals surface area contributed by atoms with E-state index < -0.39 is 12.0 Å². The zero-order valence-electron chi connectivity index (χ0n) is 11.2. The third-order valence-electron chi connectivity index (χ3n) is 3.24. The zero-order chi connectivity index (χ0) is 14.0. The Kier molecular flexibility index (Phi) is 3.85. The highest BCUT2D eigenvalue weighted by molar-refractivity contribution is 5.98. The molecule has 1 N–H and O–H groups in total. The number of aliphatic hydroxyl groups excluding tert-OH is 1. The van der Waals surface area contributed by atoms with Gasteiger partial charge in [-0.2, -0.15) is 0 Å². The van der Waals surface area contributed by atoms with Crippen LogP contribution in [0.1, 0.15) is 12.5 Å². The Balaban J connectivity index is 2.07. The van der Waals surface area contributed by atoms with Gasteiger partial charge < -0.3 is 14.9 Å². The molecule has 0 spiro atoms. The molecule has 5 heteroatoms. The van der Waals surface area contributed by atoms with Crippen LogP contribution in [-0.2, 0) is 9.59 Å². The Morgan fingerprint density at radius 1 is 1.26 bits per heavy atom. The van der Waals surface area contributed by atoms with Gasteiger partial charge in [0.1, 0.15) is 12.6 Å². The predicted octanol–water partition coefficient (Wildman–Crippen LogP) is 0.551. The Bertz CT molecular complexity index is 482. The molecule has 1 atom stereocenters. The third-order valence-corrected chi connectivity index (χ3v) is 3.24. The summed E-state index contributed by atoms with van der Waals surface area (Å²) in [6, 6.07) is 7.71. The molecule has 0 saturated carbocycles. The van der Waals surface area contributed by atoms with Gasteiger partial charge in [-0.3, -0.25) is 9.59 Å². The maximum atomic E-state index is 12.1. The minimum atomic E-state index is -1.06. The molecule has 0 bridgehead atoms. The van der Waals surface area contributed by atoms with Crippen LogP contribution >= 0.6 is 0 Å². The van der Waals surface area contributed by atoms with Crippen LogP contribution in [0.25, 0.3) is 0 Å². The molecule has 2 rings (SSSR count). The molecule has 1 heterocycles.